The summed E-state index contributed by atoms with van der Waals surface area (Å²) in [5.74, 6) is -4.98. The molecule has 88 valence electrons. The molecule has 0 saturated heterocycles. The number of benzene rings is 1. The van der Waals surface area contributed by atoms with Gasteiger partial charge in [-0.05, 0) is 12.1 Å². The summed E-state index contributed by atoms with van der Waals surface area (Å²) in [5, 5.41) is 8.78. The number of primary amides is 1. The predicted octanol–water partition coefficient (Wildman–Crippen LogP) is 0.876. The van der Waals surface area contributed by atoms with E-state index in [0.29, 0.717) is 0 Å². The molecule has 0 bridgehead atoms. The molecule has 0 unspecified atom stereocenters. The molecular weight excluding hydrogens is 236 g/mol. The van der Waals surface area contributed by atoms with Crippen molar-refractivity contribution in [3.63, 3.8) is 0 Å². The van der Waals surface area contributed by atoms with Gasteiger partial charge >= 0.3 is 5.63 Å². The third-order valence-corrected chi connectivity index (χ3v) is 2.16. The second kappa shape index (κ2) is 3.55. The van der Waals surface area contributed by atoms with Gasteiger partial charge in [-0.15, -0.1) is 0 Å². The first-order valence-corrected chi connectivity index (χ1v) is 4.36. The topological polar surface area (TPSA) is 93.5 Å². The molecule has 5 nitrogen and oxygen atoms in total. The molecule has 2 aromatic rings. The number of rotatable bonds is 1. The van der Waals surface area contributed by atoms with Gasteiger partial charge in [-0.25, -0.2) is 9.18 Å². The summed E-state index contributed by atoms with van der Waals surface area (Å²) in [6.07, 6.45) is 0. The van der Waals surface area contributed by atoms with Crippen molar-refractivity contribution in [2.75, 3.05) is 0 Å². The van der Waals surface area contributed by atoms with Crippen LogP contribution < -0.4 is 11.4 Å². The summed E-state index contributed by atoms with van der Waals surface area (Å²) in [4.78, 5) is 22.0. The Kier molecular flexibility index (Phi) is 2.31. The van der Waals surface area contributed by atoms with Crippen molar-refractivity contribution >= 4 is 16.9 Å². The summed E-state index contributed by atoms with van der Waals surface area (Å²) in [6.45, 7) is 0. The lowest BCUT2D eigenvalue weighted by Crippen LogP contribution is -2.20. The largest absolute Gasteiger partial charge is 0.503 e. The Morgan fingerprint density at radius 1 is 1.35 bits per heavy atom. The molecule has 0 fully saturated rings. The van der Waals surface area contributed by atoms with Gasteiger partial charge in [-0.3, -0.25) is 4.79 Å². The van der Waals surface area contributed by atoms with Crippen LogP contribution in [0, 0.1) is 11.6 Å². The quantitative estimate of drug-likeness (QED) is 0.724. The number of hydrogen-bond acceptors (Lipinski definition) is 4. The Morgan fingerprint density at radius 2 is 2.00 bits per heavy atom. The first kappa shape index (κ1) is 11.1. The molecular formula is C10H5F2NO4. The molecule has 17 heavy (non-hydrogen) atoms. The Balaban J connectivity index is 2.94. The zero-order chi connectivity index (χ0) is 12.7. The molecule has 0 atom stereocenters. The van der Waals surface area contributed by atoms with Crippen LogP contribution in [0.15, 0.2) is 21.3 Å². The summed E-state index contributed by atoms with van der Waals surface area (Å²) in [5.41, 5.74) is 2.55. The third kappa shape index (κ3) is 1.61. The molecule has 1 amide bonds. The smallest absolute Gasteiger partial charge is 0.349 e. The van der Waals surface area contributed by atoms with Gasteiger partial charge in [0.05, 0.1) is 0 Å². The molecule has 1 aromatic carbocycles. The lowest BCUT2D eigenvalue weighted by Gasteiger charge is -2.02. The van der Waals surface area contributed by atoms with Crippen LogP contribution in [0.5, 0.6) is 5.75 Å². The number of hydrogen-bond donors (Lipinski definition) is 2. The Bertz CT molecular complexity index is 693. The number of carbonyl (C=O) groups is 1. The minimum Gasteiger partial charge on any atom is -0.503 e. The van der Waals surface area contributed by atoms with E-state index in [2.05, 4.69) is 4.42 Å². The van der Waals surface area contributed by atoms with Crippen molar-refractivity contribution in [2.24, 2.45) is 5.73 Å². The molecule has 2 rings (SSSR count). The molecule has 3 N–H and O–H groups in total. The highest BCUT2D eigenvalue weighted by Gasteiger charge is 2.18. The number of fused-ring (bicyclic) bond motifs is 1. The lowest BCUT2D eigenvalue weighted by molar-refractivity contribution is 0.0997. The van der Waals surface area contributed by atoms with Gasteiger partial charge < -0.3 is 15.3 Å². The summed E-state index contributed by atoms with van der Waals surface area (Å²) in [7, 11) is 0. The third-order valence-electron chi connectivity index (χ3n) is 2.16. The molecule has 0 aliphatic heterocycles. The van der Waals surface area contributed by atoms with Crippen molar-refractivity contribution in [2.45, 2.75) is 0 Å². The Labute approximate surface area is 92.1 Å². The molecule has 0 spiro atoms. The normalized spacial score (nSPS) is 10.7. The van der Waals surface area contributed by atoms with Crippen LogP contribution in [0.25, 0.3) is 11.0 Å². The maximum Gasteiger partial charge on any atom is 0.349 e. The highest BCUT2D eigenvalue weighted by atomic mass is 19.1. The average Bonchev–Trinajstić information content (AvgIpc) is 2.26. The van der Waals surface area contributed by atoms with Crippen LogP contribution in [0.2, 0.25) is 0 Å². The minimum absolute atomic E-state index is 0.189. The number of aromatic hydroxyl groups is 1. The molecule has 1 aromatic heterocycles. The second-order valence-corrected chi connectivity index (χ2v) is 3.25. The molecule has 0 aliphatic rings. The fraction of sp³-hybridized carbons (Fsp3) is 0. The highest BCUT2D eigenvalue weighted by Crippen LogP contribution is 2.28. The van der Waals surface area contributed by atoms with Gasteiger partial charge in [0.15, 0.2) is 17.1 Å². The first-order valence-electron chi connectivity index (χ1n) is 4.36. The van der Waals surface area contributed by atoms with Crippen LogP contribution in [-0.4, -0.2) is 11.0 Å². The van der Waals surface area contributed by atoms with Crippen molar-refractivity contribution in [3.05, 3.63) is 39.8 Å². The summed E-state index contributed by atoms with van der Waals surface area (Å²) >= 11 is 0. The van der Waals surface area contributed by atoms with Gasteiger partial charge in [-0.1, -0.05) is 0 Å². The van der Waals surface area contributed by atoms with Crippen LogP contribution in [-0.2, 0) is 0 Å². The molecule has 1 heterocycles. The van der Waals surface area contributed by atoms with Crippen LogP contribution in [0.1, 0.15) is 10.4 Å². The van der Waals surface area contributed by atoms with Crippen molar-refractivity contribution in [1.29, 1.82) is 0 Å². The number of halogens is 2. The van der Waals surface area contributed by atoms with Gasteiger partial charge in [0.2, 0.25) is 5.82 Å². The van der Waals surface area contributed by atoms with Crippen molar-refractivity contribution in [1.82, 2.24) is 0 Å². The zero-order valence-corrected chi connectivity index (χ0v) is 8.16. The Hall–Kier alpha value is -2.44. The monoisotopic (exact) mass is 241 g/mol. The number of phenols is 1. The average molecular weight is 241 g/mol. The van der Waals surface area contributed by atoms with E-state index in [-0.39, 0.29) is 5.39 Å². The predicted molar refractivity (Wildman–Crippen MR) is 52.6 cm³/mol. The number of carbonyl (C=O) groups excluding carboxylic acids is 1. The maximum atomic E-state index is 13.3. The SMILES string of the molecule is NC(=O)c1cc2cc(F)c(O)c(F)c2oc1=O. The number of phenolic OH excluding ortho intramolecular Hbond substituents is 1. The zero-order valence-electron chi connectivity index (χ0n) is 8.16. The summed E-state index contributed by atoms with van der Waals surface area (Å²) in [6, 6.07) is 1.62. The van der Waals surface area contributed by atoms with E-state index < -0.39 is 40.1 Å². The first-order chi connectivity index (χ1) is 7.91. The number of amides is 1. The summed E-state index contributed by atoms with van der Waals surface area (Å²) < 4.78 is 30.8. The van der Waals surface area contributed by atoms with E-state index >= 15 is 0 Å². The van der Waals surface area contributed by atoms with E-state index in [4.69, 9.17) is 10.8 Å². The highest BCUT2D eigenvalue weighted by molar-refractivity contribution is 5.95. The molecule has 0 aliphatic carbocycles. The minimum atomic E-state index is -1.41. The molecule has 7 heteroatoms. The van der Waals surface area contributed by atoms with E-state index in [0.717, 1.165) is 12.1 Å². The Morgan fingerprint density at radius 3 is 2.59 bits per heavy atom. The van der Waals surface area contributed by atoms with Gasteiger partial charge in [0.1, 0.15) is 5.56 Å². The van der Waals surface area contributed by atoms with E-state index in [1.54, 1.807) is 0 Å². The number of nitrogens with two attached hydrogens (primary N) is 1. The molecule has 0 saturated carbocycles. The lowest BCUT2D eigenvalue weighted by atomic mass is 10.1. The molecule has 0 radical (unpaired) electrons. The van der Waals surface area contributed by atoms with Crippen molar-refractivity contribution < 1.29 is 23.1 Å². The maximum absolute atomic E-state index is 13.3. The van der Waals surface area contributed by atoms with Crippen LogP contribution >= 0.6 is 0 Å². The van der Waals surface area contributed by atoms with E-state index in [1.807, 2.05) is 0 Å². The fourth-order valence-corrected chi connectivity index (χ4v) is 1.35. The van der Waals surface area contributed by atoms with Gasteiger partial charge in [-0.2, -0.15) is 4.39 Å². The van der Waals surface area contributed by atoms with Gasteiger partial charge in [0, 0.05) is 5.39 Å². The second-order valence-electron chi connectivity index (χ2n) is 3.25. The standard InChI is InChI=1S/C10H5F2NO4/c11-5-2-3-1-4(9(13)15)10(16)17-8(3)6(12)7(5)14/h1-2,14H,(H2,13,15). The van der Waals surface area contributed by atoms with Crippen molar-refractivity contribution in [3.8, 4) is 5.75 Å². The van der Waals surface area contributed by atoms with Crippen LogP contribution in [0.3, 0.4) is 0 Å². The fourth-order valence-electron chi connectivity index (χ4n) is 1.35. The van der Waals surface area contributed by atoms with Gasteiger partial charge in [0.25, 0.3) is 5.91 Å². The van der Waals surface area contributed by atoms with E-state index in [9.17, 15) is 18.4 Å². The van der Waals surface area contributed by atoms with E-state index in [1.165, 1.54) is 0 Å². The van der Waals surface area contributed by atoms with Crippen LogP contribution in [0.4, 0.5) is 8.78 Å².